The molecule has 33 heavy (non-hydrogen) atoms. The van der Waals surface area contributed by atoms with E-state index in [2.05, 4.69) is 0 Å². The van der Waals surface area contributed by atoms with Gasteiger partial charge in [0.1, 0.15) is 5.82 Å². The van der Waals surface area contributed by atoms with Gasteiger partial charge in [0.15, 0.2) is 0 Å². The van der Waals surface area contributed by atoms with Crippen molar-refractivity contribution < 1.29 is 35.6 Å². The summed E-state index contributed by atoms with van der Waals surface area (Å²) in [5.74, 6) is -3.38. The number of sulfonamides is 1. The number of fused-ring (bicyclic) bond motifs is 5. The van der Waals surface area contributed by atoms with Crippen LogP contribution in [0.5, 0.6) is 0 Å². The lowest BCUT2D eigenvalue weighted by Gasteiger charge is -2.20. The Bertz CT molecular complexity index is 1270. The number of nitrogens with one attached hydrogen (secondary N) is 1. The summed E-state index contributed by atoms with van der Waals surface area (Å²) in [6.07, 6.45) is -0.496. The number of carbonyl (C=O) groups is 2. The summed E-state index contributed by atoms with van der Waals surface area (Å²) in [5, 5.41) is 0. The Morgan fingerprint density at radius 3 is 2.03 bits per heavy atom. The Morgan fingerprint density at radius 1 is 0.909 bits per heavy atom. The van der Waals surface area contributed by atoms with E-state index in [0.29, 0.717) is 18.6 Å². The zero-order valence-electron chi connectivity index (χ0n) is 16.7. The second kappa shape index (κ2) is 7.14. The first-order valence-corrected chi connectivity index (χ1v) is 11.5. The van der Waals surface area contributed by atoms with Gasteiger partial charge in [-0.25, -0.2) is 17.7 Å². The van der Waals surface area contributed by atoms with Crippen molar-refractivity contribution in [3.8, 4) is 0 Å². The van der Waals surface area contributed by atoms with Crippen molar-refractivity contribution in [2.24, 2.45) is 23.7 Å². The molecule has 1 heterocycles. The van der Waals surface area contributed by atoms with Gasteiger partial charge >= 0.3 is 6.18 Å². The fourth-order valence-electron chi connectivity index (χ4n) is 4.95. The molecule has 2 aliphatic carbocycles. The smallest absolute Gasteiger partial charge is 0.280 e. The minimum atomic E-state index is -4.87. The highest BCUT2D eigenvalue weighted by atomic mass is 32.2. The minimum Gasteiger partial charge on any atom is -0.280 e. The standard InChI is InChI=1S/C22H16F4N2O4S/c23-14-3-5-17(6-4-14)33(31,32)27-15-8-13(22(24,25)26)9-16(10-15)28-20(29)18-11-1-2-12(7-11)19(18)21(28)30/h1-6,8-12,18-19,27H,7H2/t11-,12+,18-,19+. The van der Waals surface area contributed by atoms with Crippen molar-refractivity contribution in [1.82, 2.24) is 0 Å². The maximum Gasteiger partial charge on any atom is 0.416 e. The van der Waals surface area contributed by atoms with Crippen LogP contribution >= 0.6 is 0 Å². The molecule has 0 aromatic heterocycles. The number of hydrogen-bond acceptors (Lipinski definition) is 4. The molecule has 0 spiro atoms. The fraction of sp³-hybridized carbons (Fsp3) is 0.273. The number of hydrogen-bond donors (Lipinski definition) is 1. The number of amides is 2. The Hall–Kier alpha value is -3.21. The van der Waals surface area contributed by atoms with Gasteiger partial charge in [-0.2, -0.15) is 13.2 Å². The fourth-order valence-corrected chi connectivity index (χ4v) is 5.99. The quantitative estimate of drug-likeness (QED) is 0.408. The highest BCUT2D eigenvalue weighted by molar-refractivity contribution is 7.92. The highest BCUT2D eigenvalue weighted by Crippen LogP contribution is 2.53. The van der Waals surface area contributed by atoms with E-state index in [1.54, 1.807) is 0 Å². The maximum atomic E-state index is 13.6. The molecule has 2 fully saturated rings. The van der Waals surface area contributed by atoms with Crippen molar-refractivity contribution in [3.05, 3.63) is 66.0 Å². The number of nitrogens with zero attached hydrogens (tertiary/aromatic N) is 1. The molecule has 0 radical (unpaired) electrons. The van der Waals surface area contributed by atoms with Crippen molar-refractivity contribution in [1.29, 1.82) is 0 Å². The van der Waals surface area contributed by atoms with Crippen LogP contribution in [0.2, 0.25) is 0 Å². The average molecular weight is 480 g/mol. The van der Waals surface area contributed by atoms with Crippen LogP contribution in [0.15, 0.2) is 59.5 Å². The molecule has 172 valence electrons. The second-order valence-electron chi connectivity index (χ2n) is 8.34. The van der Waals surface area contributed by atoms with Gasteiger partial charge in [0, 0.05) is 0 Å². The molecule has 2 aromatic rings. The molecule has 0 unspecified atom stereocenters. The number of imide groups is 1. The largest absolute Gasteiger partial charge is 0.416 e. The number of allylic oxidation sites excluding steroid dienone is 2. The van der Waals surface area contributed by atoms with E-state index in [0.717, 1.165) is 35.2 Å². The molecule has 6 nitrogen and oxygen atoms in total. The van der Waals surface area contributed by atoms with E-state index in [1.165, 1.54) is 0 Å². The molecular weight excluding hydrogens is 464 g/mol. The van der Waals surface area contributed by atoms with Crippen molar-refractivity contribution in [2.45, 2.75) is 17.5 Å². The third kappa shape index (κ3) is 3.50. The number of rotatable bonds is 4. The van der Waals surface area contributed by atoms with Crippen LogP contribution in [0.1, 0.15) is 12.0 Å². The van der Waals surface area contributed by atoms with Gasteiger partial charge in [-0.1, -0.05) is 12.2 Å². The molecular formula is C22H16F4N2O4S. The molecule has 1 saturated carbocycles. The summed E-state index contributed by atoms with van der Waals surface area (Å²) < 4.78 is 81.1. The third-order valence-corrected chi connectivity index (χ3v) is 7.75. The summed E-state index contributed by atoms with van der Waals surface area (Å²) in [6.45, 7) is 0. The highest BCUT2D eigenvalue weighted by Gasteiger charge is 2.59. The molecule has 5 rings (SSSR count). The first kappa shape index (κ1) is 21.6. The molecule has 4 atom stereocenters. The second-order valence-corrected chi connectivity index (χ2v) is 10.0. The monoisotopic (exact) mass is 480 g/mol. The van der Waals surface area contributed by atoms with Crippen molar-refractivity contribution >= 4 is 33.2 Å². The van der Waals surface area contributed by atoms with Gasteiger partial charge in [-0.05, 0) is 60.7 Å². The molecule has 2 bridgehead atoms. The Morgan fingerprint density at radius 2 is 1.48 bits per heavy atom. The minimum absolute atomic E-state index is 0.135. The molecule has 1 aliphatic heterocycles. The lowest BCUT2D eigenvalue weighted by Crippen LogP contribution is -2.33. The lowest BCUT2D eigenvalue weighted by molar-refractivity contribution is -0.137. The molecule has 1 N–H and O–H groups in total. The summed E-state index contributed by atoms with van der Waals surface area (Å²) in [4.78, 5) is 26.4. The van der Waals surface area contributed by atoms with Crippen molar-refractivity contribution in [2.75, 3.05) is 9.62 Å². The third-order valence-electron chi connectivity index (χ3n) is 6.35. The van der Waals surface area contributed by atoms with E-state index in [4.69, 9.17) is 0 Å². The zero-order chi connectivity index (χ0) is 23.7. The Labute approximate surface area is 185 Å². The van der Waals surface area contributed by atoms with E-state index in [-0.39, 0.29) is 22.4 Å². The summed E-state index contributed by atoms with van der Waals surface area (Å²) in [6, 6.07) is 5.96. The Kier molecular flexibility index (Phi) is 4.68. The van der Waals surface area contributed by atoms with Crippen LogP contribution in [0.4, 0.5) is 28.9 Å². The number of halogens is 4. The van der Waals surface area contributed by atoms with E-state index < -0.39 is 56.9 Å². The number of carbonyl (C=O) groups excluding carboxylic acids is 2. The molecule has 11 heteroatoms. The van der Waals surface area contributed by atoms with E-state index >= 15 is 0 Å². The predicted molar refractivity (Wildman–Crippen MR) is 109 cm³/mol. The zero-order valence-corrected chi connectivity index (χ0v) is 17.5. The summed E-state index contributed by atoms with van der Waals surface area (Å²) in [7, 11) is -4.36. The van der Waals surface area contributed by atoms with Crippen LogP contribution in [-0.4, -0.2) is 20.2 Å². The van der Waals surface area contributed by atoms with Crippen LogP contribution in [-0.2, 0) is 25.8 Å². The van der Waals surface area contributed by atoms with Gasteiger partial charge < -0.3 is 0 Å². The number of alkyl halides is 3. The maximum absolute atomic E-state index is 13.6. The van der Waals surface area contributed by atoms with Gasteiger partial charge in [0.25, 0.3) is 10.0 Å². The van der Waals surface area contributed by atoms with E-state index in [9.17, 15) is 35.6 Å². The first-order chi connectivity index (χ1) is 15.5. The van der Waals surface area contributed by atoms with Crippen LogP contribution in [0.3, 0.4) is 0 Å². The van der Waals surface area contributed by atoms with Gasteiger partial charge in [-0.15, -0.1) is 0 Å². The average Bonchev–Trinajstić information content (AvgIpc) is 3.41. The number of anilines is 2. The molecule has 3 aliphatic rings. The summed E-state index contributed by atoms with van der Waals surface area (Å²) >= 11 is 0. The van der Waals surface area contributed by atoms with Gasteiger partial charge in [-0.3, -0.25) is 14.3 Å². The van der Waals surface area contributed by atoms with Crippen LogP contribution in [0, 0.1) is 29.5 Å². The first-order valence-electron chi connectivity index (χ1n) is 10.0. The van der Waals surface area contributed by atoms with Crippen molar-refractivity contribution in [3.63, 3.8) is 0 Å². The molecule has 1 saturated heterocycles. The molecule has 2 aromatic carbocycles. The van der Waals surface area contributed by atoms with Crippen LogP contribution < -0.4 is 9.62 Å². The topological polar surface area (TPSA) is 83.6 Å². The Balaban J connectivity index is 1.54. The summed E-state index contributed by atoms with van der Waals surface area (Å²) in [5.41, 5.74) is -2.07. The molecule has 2 amide bonds. The van der Waals surface area contributed by atoms with E-state index in [1.807, 2.05) is 16.9 Å². The predicted octanol–water partition coefficient (Wildman–Crippen LogP) is 3.96. The SMILES string of the molecule is O=C1[C@@H]2[C@H](C(=O)N1c1cc(NS(=O)(=O)c3ccc(F)cc3)cc(C(F)(F)F)c1)[C@@H]1C=C[C@H]2C1. The number of benzene rings is 2. The van der Waals surface area contributed by atoms with Crippen LogP contribution in [0.25, 0.3) is 0 Å². The lowest BCUT2D eigenvalue weighted by atomic mass is 9.85. The van der Waals surface area contributed by atoms with Gasteiger partial charge in [0.2, 0.25) is 11.8 Å². The normalized spacial score (nSPS) is 26.2. The van der Waals surface area contributed by atoms with Gasteiger partial charge in [0.05, 0.1) is 33.7 Å².